The van der Waals surface area contributed by atoms with Gasteiger partial charge in [0.2, 0.25) is 5.91 Å². The molecule has 2 aromatic rings. The van der Waals surface area contributed by atoms with Gasteiger partial charge in [0, 0.05) is 31.4 Å². The Morgan fingerprint density at radius 3 is 2.54 bits per heavy atom. The van der Waals surface area contributed by atoms with Crippen LogP contribution in [-0.4, -0.2) is 53.7 Å². The van der Waals surface area contributed by atoms with E-state index in [4.69, 9.17) is 5.73 Å². The summed E-state index contributed by atoms with van der Waals surface area (Å²) in [5.41, 5.74) is 7.57. The standard InChI is InChI=1S/C17H24N6O2.ClH/c1-22(2)8-7-19-16(24)12-23-11-15(10-20-23)21-17(25)14-5-3-13(9-18)4-6-14;/h3-6,10-11H,7-9,12,18H2,1-2H3,(H,19,24)(H,21,25);1H. The van der Waals surface area contributed by atoms with Crippen molar-refractivity contribution >= 4 is 29.9 Å². The molecule has 1 aromatic heterocycles. The van der Waals surface area contributed by atoms with Crippen LogP contribution in [0.25, 0.3) is 0 Å². The summed E-state index contributed by atoms with van der Waals surface area (Å²) >= 11 is 0. The second-order valence-corrected chi connectivity index (χ2v) is 5.93. The molecule has 0 spiro atoms. The molecular formula is C17H25ClN6O2. The van der Waals surface area contributed by atoms with Gasteiger partial charge in [-0.15, -0.1) is 12.4 Å². The fourth-order valence-corrected chi connectivity index (χ4v) is 2.13. The molecule has 0 saturated heterocycles. The first-order valence-electron chi connectivity index (χ1n) is 8.02. The van der Waals surface area contributed by atoms with Gasteiger partial charge in [0.15, 0.2) is 0 Å². The van der Waals surface area contributed by atoms with Crippen molar-refractivity contribution in [3.8, 4) is 0 Å². The summed E-state index contributed by atoms with van der Waals surface area (Å²) in [5, 5.41) is 9.65. The number of anilines is 1. The van der Waals surface area contributed by atoms with E-state index in [1.807, 2.05) is 31.1 Å². The van der Waals surface area contributed by atoms with Crippen molar-refractivity contribution in [3.05, 3.63) is 47.8 Å². The molecular weight excluding hydrogens is 356 g/mol. The normalized spacial score (nSPS) is 10.3. The van der Waals surface area contributed by atoms with Crippen LogP contribution in [0, 0.1) is 0 Å². The summed E-state index contributed by atoms with van der Waals surface area (Å²) in [6.45, 7) is 1.89. The summed E-state index contributed by atoms with van der Waals surface area (Å²) < 4.78 is 1.48. The van der Waals surface area contributed by atoms with Crippen LogP contribution in [0.15, 0.2) is 36.7 Å². The zero-order chi connectivity index (χ0) is 18.2. The third-order valence-electron chi connectivity index (χ3n) is 3.53. The second-order valence-electron chi connectivity index (χ2n) is 5.93. The predicted molar refractivity (Wildman–Crippen MR) is 103 cm³/mol. The van der Waals surface area contributed by atoms with E-state index < -0.39 is 0 Å². The molecule has 1 aromatic carbocycles. The van der Waals surface area contributed by atoms with Gasteiger partial charge in [-0.3, -0.25) is 14.3 Å². The molecule has 26 heavy (non-hydrogen) atoms. The van der Waals surface area contributed by atoms with Crippen LogP contribution >= 0.6 is 12.4 Å². The maximum Gasteiger partial charge on any atom is 0.255 e. The highest BCUT2D eigenvalue weighted by Crippen LogP contribution is 2.09. The summed E-state index contributed by atoms with van der Waals surface area (Å²) in [5.74, 6) is -0.362. The van der Waals surface area contributed by atoms with E-state index in [-0.39, 0.29) is 30.8 Å². The highest BCUT2D eigenvalue weighted by Gasteiger charge is 2.09. The molecule has 0 radical (unpaired) electrons. The number of rotatable bonds is 8. The van der Waals surface area contributed by atoms with Crippen molar-refractivity contribution in [1.29, 1.82) is 0 Å². The number of benzene rings is 1. The summed E-state index contributed by atoms with van der Waals surface area (Å²) in [6, 6.07) is 7.08. The minimum atomic E-state index is -0.237. The van der Waals surface area contributed by atoms with Gasteiger partial charge in [-0.25, -0.2) is 0 Å². The lowest BCUT2D eigenvalue weighted by molar-refractivity contribution is -0.121. The number of halogens is 1. The van der Waals surface area contributed by atoms with Crippen LogP contribution in [0.4, 0.5) is 5.69 Å². The maximum absolute atomic E-state index is 12.2. The number of nitrogens with one attached hydrogen (secondary N) is 2. The molecule has 0 saturated carbocycles. The molecule has 0 bridgehead atoms. The van der Waals surface area contributed by atoms with Gasteiger partial charge >= 0.3 is 0 Å². The zero-order valence-corrected chi connectivity index (χ0v) is 15.8. The van der Waals surface area contributed by atoms with Crippen molar-refractivity contribution in [1.82, 2.24) is 20.0 Å². The molecule has 142 valence electrons. The third kappa shape index (κ3) is 6.83. The first-order chi connectivity index (χ1) is 12.0. The predicted octanol–water partition coefficient (Wildman–Crippen LogP) is 0.694. The molecule has 9 heteroatoms. The van der Waals surface area contributed by atoms with Crippen molar-refractivity contribution in [2.75, 3.05) is 32.5 Å². The van der Waals surface area contributed by atoms with E-state index in [0.717, 1.165) is 12.1 Å². The minimum Gasteiger partial charge on any atom is -0.353 e. The van der Waals surface area contributed by atoms with Crippen molar-refractivity contribution in [2.24, 2.45) is 5.73 Å². The van der Waals surface area contributed by atoms with E-state index in [0.29, 0.717) is 24.3 Å². The Balaban J connectivity index is 0.00000338. The number of carbonyl (C=O) groups excluding carboxylic acids is 2. The number of likely N-dealkylation sites (N-methyl/N-ethyl adjacent to an activating group) is 1. The smallest absolute Gasteiger partial charge is 0.255 e. The Kier molecular flexibility index (Phi) is 8.77. The number of hydrogen-bond acceptors (Lipinski definition) is 5. The molecule has 0 aliphatic carbocycles. The van der Waals surface area contributed by atoms with Crippen molar-refractivity contribution in [2.45, 2.75) is 13.1 Å². The first kappa shape index (κ1) is 21.6. The Labute approximate surface area is 159 Å². The van der Waals surface area contributed by atoms with Crippen LogP contribution in [0.3, 0.4) is 0 Å². The first-order valence-corrected chi connectivity index (χ1v) is 8.02. The topological polar surface area (TPSA) is 105 Å². The molecule has 8 nitrogen and oxygen atoms in total. The molecule has 0 aliphatic heterocycles. The molecule has 2 rings (SSSR count). The van der Waals surface area contributed by atoms with Crippen LogP contribution in [0.2, 0.25) is 0 Å². The van der Waals surface area contributed by atoms with E-state index in [1.165, 1.54) is 10.9 Å². The number of amides is 2. The second kappa shape index (κ2) is 10.5. The largest absolute Gasteiger partial charge is 0.353 e. The summed E-state index contributed by atoms with van der Waals surface area (Å²) in [7, 11) is 3.89. The van der Waals surface area contributed by atoms with Crippen molar-refractivity contribution in [3.63, 3.8) is 0 Å². The maximum atomic E-state index is 12.2. The van der Waals surface area contributed by atoms with Gasteiger partial charge in [-0.05, 0) is 31.8 Å². The Hall–Kier alpha value is -2.42. The third-order valence-corrected chi connectivity index (χ3v) is 3.53. The fourth-order valence-electron chi connectivity index (χ4n) is 2.13. The minimum absolute atomic E-state index is 0. The lowest BCUT2D eigenvalue weighted by atomic mass is 10.1. The number of carbonyl (C=O) groups is 2. The van der Waals surface area contributed by atoms with E-state index in [1.54, 1.807) is 18.3 Å². The van der Waals surface area contributed by atoms with E-state index >= 15 is 0 Å². The Morgan fingerprint density at radius 1 is 1.23 bits per heavy atom. The molecule has 0 fully saturated rings. The average Bonchev–Trinajstić information content (AvgIpc) is 3.01. The van der Waals surface area contributed by atoms with Gasteiger partial charge in [0.25, 0.3) is 5.91 Å². The lowest BCUT2D eigenvalue weighted by Gasteiger charge is -2.10. The summed E-state index contributed by atoms with van der Waals surface area (Å²) in [4.78, 5) is 26.0. The van der Waals surface area contributed by atoms with Gasteiger partial charge < -0.3 is 21.3 Å². The van der Waals surface area contributed by atoms with Crippen LogP contribution in [0.5, 0.6) is 0 Å². The molecule has 0 unspecified atom stereocenters. The number of nitrogens with zero attached hydrogens (tertiary/aromatic N) is 3. The van der Waals surface area contributed by atoms with Crippen LogP contribution < -0.4 is 16.4 Å². The zero-order valence-electron chi connectivity index (χ0n) is 14.9. The lowest BCUT2D eigenvalue weighted by Crippen LogP contribution is -2.33. The molecule has 4 N–H and O–H groups in total. The van der Waals surface area contributed by atoms with Crippen LogP contribution in [0.1, 0.15) is 15.9 Å². The molecule has 0 aliphatic rings. The van der Waals surface area contributed by atoms with Gasteiger partial charge in [-0.2, -0.15) is 5.10 Å². The number of hydrogen-bond donors (Lipinski definition) is 3. The average molecular weight is 381 g/mol. The van der Waals surface area contributed by atoms with Gasteiger partial charge in [-0.1, -0.05) is 12.1 Å². The molecule has 0 atom stereocenters. The SMILES string of the molecule is CN(C)CCNC(=O)Cn1cc(NC(=O)c2ccc(CN)cc2)cn1.Cl. The quantitative estimate of drug-likeness (QED) is 0.625. The molecule has 1 heterocycles. The van der Waals surface area contributed by atoms with Gasteiger partial charge in [0.1, 0.15) is 6.54 Å². The van der Waals surface area contributed by atoms with Crippen molar-refractivity contribution < 1.29 is 9.59 Å². The Morgan fingerprint density at radius 2 is 1.92 bits per heavy atom. The van der Waals surface area contributed by atoms with Gasteiger partial charge in [0.05, 0.1) is 11.9 Å². The number of nitrogens with two attached hydrogens (primary N) is 1. The monoisotopic (exact) mass is 380 g/mol. The highest BCUT2D eigenvalue weighted by molar-refractivity contribution is 6.04. The highest BCUT2D eigenvalue weighted by atomic mass is 35.5. The number of aromatic nitrogens is 2. The Bertz CT molecular complexity index is 714. The van der Waals surface area contributed by atoms with Crippen LogP contribution in [-0.2, 0) is 17.9 Å². The summed E-state index contributed by atoms with van der Waals surface area (Å²) in [6.07, 6.45) is 3.14. The van der Waals surface area contributed by atoms with E-state index in [9.17, 15) is 9.59 Å². The fraction of sp³-hybridized carbons (Fsp3) is 0.353. The molecule has 2 amide bonds. The van der Waals surface area contributed by atoms with E-state index in [2.05, 4.69) is 15.7 Å².